The van der Waals surface area contributed by atoms with Crippen molar-refractivity contribution in [2.24, 2.45) is 0 Å². The molecule has 0 heterocycles. The smallest absolute Gasteiger partial charge is 0.298 e. The van der Waals surface area contributed by atoms with Crippen LogP contribution >= 0.6 is 22.6 Å². The highest BCUT2D eigenvalue weighted by atomic mass is 127. The van der Waals surface area contributed by atoms with E-state index in [2.05, 4.69) is 27.3 Å². The summed E-state index contributed by atoms with van der Waals surface area (Å²) in [5.74, 6) is 0.403. The zero-order valence-corrected chi connectivity index (χ0v) is 7.74. The fourth-order valence-corrected chi connectivity index (χ4v) is 1.19. The van der Waals surface area contributed by atoms with Gasteiger partial charge in [-0.2, -0.15) is 0 Å². The minimum Gasteiger partial charge on any atom is -0.427 e. The Hall–Kier alpha value is -0.780. The van der Waals surface area contributed by atoms with Gasteiger partial charge in [-0.15, -0.1) is 0 Å². The molecular weight excluding hydrogens is 257 g/mol. The van der Waals surface area contributed by atoms with E-state index in [1.54, 1.807) is 12.1 Å². The monoisotopic (exact) mass is 263 g/mol. The van der Waals surface area contributed by atoms with Gasteiger partial charge in [0.05, 0.1) is 5.69 Å². The molecule has 3 nitrogen and oxygen atoms in total. The van der Waals surface area contributed by atoms with Gasteiger partial charge in [-0.1, -0.05) is 0 Å². The van der Waals surface area contributed by atoms with E-state index in [-0.39, 0.29) is 0 Å². The second-order valence-corrected chi connectivity index (χ2v) is 3.14. The number of nitrogen functional groups attached to an aromatic ring is 1. The summed E-state index contributed by atoms with van der Waals surface area (Å²) in [7, 11) is 0. The van der Waals surface area contributed by atoms with Crippen LogP contribution in [0.5, 0.6) is 5.75 Å². The van der Waals surface area contributed by atoms with Crippen molar-refractivity contribution in [2.75, 3.05) is 5.73 Å². The van der Waals surface area contributed by atoms with Crippen LogP contribution in [0.3, 0.4) is 0 Å². The number of hydrogen-bond acceptors (Lipinski definition) is 3. The zero-order valence-electron chi connectivity index (χ0n) is 5.58. The van der Waals surface area contributed by atoms with Crippen molar-refractivity contribution in [1.82, 2.24) is 0 Å². The van der Waals surface area contributed by atoms with Crippen LogP contribution < -0.4 is 10.5 Å². The molecule has 58 valence electrons. The molecule has 0 aliphatic carbocycles. The highest BCUT2D eigenvalue weighted by molar-refractivity contribution is 14.1. The number of nitrogens with two attached hydrogens (primary N) is 1. The topological polar surface area (TPSA) is 52.3 Å². The van der Waals surface area contributed by atoms with Gasteiger partial charge in [-0.25, -0.2) is 0 Å². The molecule has 11 heavy (non-hydrogen) atoms. The van der Waals surface area contributed by atoms with Crippen LogP contribution in [0.2, 0.25) is 0 Å². The second kappa shape index (κ2) is 3.56. The number of benzene rings is 1. The fraction of sp³-hybridized carbons (Fsp3) is 0. The zero-order chi connectivity index (χ0) is 8.27. The van der Waals surface area contributed by atoms with Crippen LogP contribution in [0.1, 0.15) is 0 Å². The third kappa shape index (κ3) is 2.07. The van der Waals surface area contributed by atoms with Crippen LogP contribution in [0, 0.1) is 3.57 Å². The molecule has 0 atom stereocenters. The van der Waals surface area contributed by atoms with E-state index < -0.39 is 0 Å². The number of rotatable bonds is 2. The summed E-state index contributed by atoms with van der Waals surface area (Å²) in [6.07, 6.45) is 0. The van der Waals surface area contributed by atoms with E-state index in [0.29, 0.717) is 17.9 Å². The molecule has 0 saturated carbocycles. The number of carbonyl (C=O) groups is 1. The maximum atomic E-state index is 9.93. The average molecular weight is 263 g/mol. The van der Waals surface area contributed by atoms with E-state index in [0.717, 1.165) is 3.57 Å². The van der Waals surface area contributed by atoms with Crippen LogP contribution in [0.15, 0.2) is 18.2 Å². The van der Waals surface area contributed by atoms with Crippen molar-refractivity contribution in [3.63, 3.8) is 0 Å². The number of ether oxygens (including phenoxy) is 1. The van der Waals surface area contributed by atoms with Crippen molar-refractivity contribution in [2.45, 2.75) is 0 Å². The summed E-state index contributed by atoms with van der Waals surface area (Å²) in [4.78, 5) is 9.93. The van der Waals surface area contributed by atoms with Gasteiger partial charge >= 0.3 is 0 Å². The van der Waals surface area contributed by atoms with E-state index in [1.807, 2.05) is 6.07 Å². The maximum absolute atomic E-state index is 9.93. The Kier molecular flexibility index (Phi) is 2.70. The molecule has 0 unspecified atom stereocenters. The molecule has 0 saturated heterocycles. The molecule has 0 bridgehead atoms. The van der Waals surface area contributed by atoms with Crippen LogP contribution in [0.4, 0.5) is 5.69 Å². The quantitative estimate of drug-likeness (QED) is 0.498. The Morgan fingerprint density at radius 3 is 2.82 bits per heavy atom. The average Bonchev–Trinajstić information content (AvgIpc) is 1.95. The van der Waals surface area contributed by atoms with Gasteiger partial charge in [0.2, 0.25) is 0 Å². The minimum atomic E-state index is 0.360. The fourth-order valence-electron chi connectivity index (χ4n) is 0.678. The van der Waals surface area contributed by atoms with Gasteiger partial charge in [-0.3, -0.25) is 4.79 Å². The van der Waals surface area contributed by atoms with Crippen molar-refractivity contribution in [1.29, 1.82) is 0 Å². The lowest BCUT2D eigenvalue weighted by Crippen LogP contribution is -1.94. The van der Waals surface area contributed by atoms with Crippen molar-refractivity contribution >= 4 is 34.8 Å². The Balaban J connectivity index is 2.98. The van der Waals surface area contributed by atoms with Crippen molar-refractivity contribution < 1.29 is 9.53 Å². The van der Waals surface area contributed by atoms with E-state index >= 15 is 0 Å². The molecule has 0 fully saturated rings. The van der Waals surface area contributed by atoms with Crippen molar-refractivity contribution in [3.8, 4) is 5.75 Å². The largest absolute Gasteiger partial charge is 0.427 e. The van der Waals surface area contributed by atoms with E-state index in [4.69, 9.17) is 5.73 Å². The Morgan fingerprint density at radius 1 is 1.55 bits per heavy atom. The molecule has 1 aromatic carbocycles. The molecular formula is C7H6INO2. The molecule has 0 spiro atoms. The molecule has 0 aliphatic rings. The summed E-state index contributed by atoms with van der Waals surface area (Å²) in [6, 6.07) is 5.21. The molecule has 0 aliphatic heterocycles. The lowest BCUT2D eigenvalue weighted by Gasteiger charge is -2.01. The molecule has 0 radical (unpaired) electrons. The molecule has 0 amide bonds. The van der Waals surface area contributed by atoms with Gasteiger partial charge < -0.3 is 10.5 Å². The molecule has 4 heteroatoms. The third-order valence-corrected chi connectivity index (χ3v) is 1.82. The SMILES string of the molecule is Nc1cc(I)ccc1OC=O. The Labute approximate surface area is 77.7 Å². The Morgan fingerprint density at radius 2 is 2.27 bits per heavy atom. The molecule has 1 aromatic rings. The highest BCUT2D eigenvalue weighted by Gasteiger charge is 1.98. The summed E-state index contributed by atoms with van der Waals surface area (Å²) in [6.45, 7) is 0.360. The number of anilines is 1. The molecule has 2 N–H and O–H groups in total. The Bertz CT molecular complexity index is 275. The first kappa shape index (κ1) is 8.32. The van der Waals surface area contributed by atoms with Gasteiger partial charge in [0.1, 0.15) is 0 Å². The summed E-state index contributed by atoms with van der Waals surface area (Å²) in [5, 5.41) is 0. The number of halogens is 1. The minimum absolute atomic E-state index is 0.360. The van der Waals surface area contributed by atoms with Crippen LogP contribution in [-0.4, -0.2) is 6.47 Å². The number of hydrogen-bond donors (Lipinski definition) is 1. The predicted octanol–water partition coefficient (Wildman–Crippen LogP) is 1.41. The standard InChI is InChI=1S/C7H6INO2/c8-5-1-2-7(11-4-10)6(9)3-5/h1-4H,9H2. The van der Waals surface area contributed by atoms with Gasteiger partial charge in [0, 0.05) is 3.57 Å². The summed E-state index contributed by atoms with van der Waals surface area (Å²) >= 11 is 2.13. The third-order valence-electron chi connectivity index (χ3n) is 1.15. The lowest BCUT2D eigenvalue weighted by atomic mass is 10.3. The number of carbonyl (C=O) groups excluding carboxylic acids is 1. The molecule has 0 aromatic heterocycles. The van der Waals surface area contributed by atoms with Gasteiger partial charge in [0.15, 0.2) is 5.75 Å². The molecule has 1 rings (SSSR count). The van der Waals surface area contributed by atoms with Crippen LogP contribution in [0.25, 0.3) is 0 Å². The first-order valence-corrected chi connectivity index (χ1v) is 3.97. The highest BCUT2D eigenvalue weighted by Crippen LogP contribution is 2.22. The lowest BCUT2D eigenvalue weighted by molar-refractivity contribution is -0.120. The summed E-state index contributed by atoms with van der Waals surface area (Å²) in [5.41, 5.74) is 5.99. The normalized spacial score (nSPS) is 9.18. The van der Waals surface area contributed by atoms with E-state index in [9.17, 15) is 4.79 Å². The first-order valence-electron chi connectivity index (χ1n) is 2.89. The van der Waals surface area contributed by atoms with Gasteiger partial charge in [-0.05, 0) is 40.8 Å². The van der Waals surface area contributed by atoms with Gasteiger partial charge in [0.25, 0.3) is 6.47 Å². The van der Waals surface area contributed by atoms with Crippen molar-refractivity contribution in [3.05, 3.63) is 21.8 Å². The first-order chi connectivity index (χ1) is 5.24. The predicted molar refractivity (Wildman–Crippen MR) is 50.3 cm³/mol. The van der Waals surface area contributed by atoms with Crippen LogP contribution in [-0.2, 0) is 4.79 Å². The van der Waals surface area contributed by atoms with E-state index in [1.165, 1.54) is 0 Å². The second-order valence-electron chi connectivity index (χ2n) is 1.90. The summed E-state index contributed by atoms with van der Waals surface area (Å²) < 4.78 is 5.60. The maximum Gasteiger partial charge on any atom is 0.298 e.